The van der Waals surface area contributed by atoms with Crippen LogP contribution in [0.15, 0.2) is 132 Å². The summed E-state index contributed by atoms with van der Waals surface area (Å²) >= 11 is 10.0. The molecule has 0 unspecified atom stereocenters. The van der Waals surface area contributed by atoms with Gasteiger partial charge in [-0.2, -0.15) is 0 Å². The fraction of sp³-hybridized carbons (Fsp3) is 0.0811. The van der Waals surface area contributed by atoms with Crippen LogP contribution in [0.2, 0.25) is 5.02 Å². The van der Waals surface area contributed by atoms with Crippen molar-refractivity contribution in [2.24, 2.45) is 0 Å². The van der Waals surface area contributed by atoms with Gasteiger partial charge in [-0.05, 0) is 98.2 Å². The Morgan fingerprint density at radius 2 is 1.29 bits per heavy atom. The third kappa shape index (κ3) is 4.32. The number of para-hydroxylation sites is 2. The van der Waals surface area contributed by atoms with E-state index in [1.165, 1.54) is 33.0 Å². The Morgan fingerprint density at radius 1 is 0.659 bits per heavy atom. The van der Waals surface area contributed by atoms with E-state index in [1.807, 2.05) is 24.3 Å². The molecule has 0 saturated carbocycles. The van der Waals surface area contributed by atoms with E-state index >= 15 is 0 Å². The van der Waals surface area contributed by atoms with Gasteiger partial charge in [-0.25, -0.2) is 0 Å². The molecule has 4 heteroatoms. The summed E-state index contributed by atoms with van der Waals surface area (Å²) < 4.78 is 7.13. The van der Waals surface area contributed by atoms with Gasteiger partial charge in [-0.15, -0.1) is 0 Å². The summed E-state index contributed by atoms with van der Waals surface area (Å²) in [5, 5.41) is 2.98. The van der Waals surface area contributed by atoms with Crippen LogP contribution in [0.5, 0.6) is 11.5 Å². The summed E-state index contributed by atoms with van der Waals surface area (Å²) in [7, 11) is 0. The highest BCUT2D eigenvalue weighted by molar-refractivity contribution is 9.10. The lowest BCUT2D eigenvalue weighted by Gasteiger charge is -2.29. The van der Waals surface area contributed by atoms with Crippen LogP contribution < -0.4 is 9.64 Å². The number of halogens is 2. The van der Waals surface area contributed by atoms with Crippen LogP contribution in [0.25, 0.3) is 21.9 Å². The first kappa shape index (κ1) is 25.9. The monoisotopic (exact) mass is 615 g/mol. The Kier molecular flexibility index (Phi) is 6.37. The molecule has 6 aromatic rings. The summed E-state index contributed by atoms with van der Waals surface area (Å²) in [4.78, 5) is 2.37. The Hall–Kier alpha value is -4.05. The van der Waals surface area contributed by atoms with Crippen LogP contribution in [0.1, 0.15) is 25.0 Å². The first-order chi connectivity index (χ1) is 19.9. The fourth-order valence-corrected chi connectivity index (χ4v) is 6.59. The number of hydrogen-bond donors (Lipinski definition) is 0. The van der Waals surface area contributed by atoms with E-state index in [0.717, 1.165) is 27.3 Å². The zero-order chi connectivity index (χ0) is 28.1. The van der Waals surface area contributed by atoms with Gasteiger partial charge in [0.25, 0.3) is 0 Å². The van der Waals surface area contributed by atoms with Crippen LogP contribution in [-0.2, 0) is 5.41 Å². The molecular formula is C37H27BrClNO. The first-order valence-corrected chi connectivity index (χ1v) is 14.8. The number of benzene rings is 6. The van der Waals surface area contributed by atoms with E-state index in [0.29, 0.717) is 10.8 Å². The second kappa shape index (κ2) is 10.1. The molecule has 2 nitrogen and oxygen atoms in total. The summed E-state index contributed by atoms with van der Waals surface area (Å²) in [5.41, 5.74) is 8.25. The molecule has 0 radical (unpaired) electrons. The Balaban J connectivity index is 1.45. The van der Waals surface area contributed by atoms with Crippen LogP contribution in [-0.4, -0.2) is 0 Å². The van der Waals surface area contributed by atoms with Crippen molar-refractivity contribution in [3.05, 3.63) is 148 Å². The molecule has 0 spiro atoms. The maximum atomic E-state index is 6.54. The minimum atomic E-state index is -0.200. The number of hydrogen-bond acceptors (Lipinski definition) is 2. The lowest BCUT2D eigenvalue weighted by Crippen LogP contribution is -2.17. The molecule has 0 fully saturated rings. The molecule has 0 saturated heterocycles. The van der Waals surface area contributed by atoms with Crippen LogP contribution in [0.4, 0.5) is 17.1 Å². The van der Waals surface area contributed by atoms with Crippen LogP contribution >= 0.6 is 27.5 Å². The highest BCUT2D eigenvalue weighted by Crippen LogP contribution is 2.55. The van der Waals surface area contributed by atoms with Crippen molar-refractivity contribution in [3.63, 3.8) is 0 Å². The minimum absolute atomic E-state index is 0.200. The average Bonchev–Trinajstić information content (AvgIpc) is 3.22. The van der Waals surface area contributed by atoms with E-state index < -0.39 is 0 Å². The molecular weight excluding hydrogens is 590 g/mol. The third-order valence-corrected chi connectivity index (χ3v) is 9.32. The van der Waals surface area contributed by atoms with Gasteiger partial charge in [0.1, 0.15) is 11.5 Å². The molecule has 0 atom stereocenters. The maximum Gasteiger partial charge on any atom is 0.147 e. The third-order valence-electron chi connectivity index (χ3n) is 8.04. The standard InChI is InChI=1S/C37H27BrClNO/c1-37(2)30-21-20-26(41-34-19-11-18-32(38)36(34)39)22-29(30)35-28-17-10-9-16-27(28)33(23-31(35)37)40(24-12-5-3-6-13-24)25-14-7-4-8-15-25/h3-23H,1-2H3. The van der Waals surface area contributed by atoms with Crippen molar-refractivity contribution in [1.29, 1.82) is 0 Å². The van der Waals surface area contributed by atoms with E-state index in [2.05, 4.69) is 138 Å². The van der Waals surface area contributed by atoms with Gasteiger partial charge in [0, 0.05) is 26.6 Å². The van der Waals surface area contributed by atoms with Crippen molar-refractivity contribution in [2.45, 2.75) is 19.3 Å². The Labute approximate surface area is 253 Å². The second-order valence-electron chi connectivity index (χ2n) is 10.9. The summed E-state index contributed by atoms with van der Waals surface area (Å²) in [5.74, 6) is 1.38. The molecule has 41 heavy (non-hydrogen) atoms. The molecule has 0 bridgehead atoms. The zero-order valence-corrected chi connectivity index (χ0v) is 25.1. The van der Waals surface area contributed by atoms with Gasteiger partial charge < -0.3 is 9.64 Å². The van der Waals surface area contributed by atoms with E-state index in [1.54, 1.807) is 0 Å². The van der Waals surface area contributed by atoms with Crippen molar-refractivity contribution in [3.8, 4) is 22.6 Å². The lowest BCUT2D eigenvalue weighted by atomic mass is 9.81. The molecule has 1 aliphatic carbocycles. The van der Waals surface area contributed by atoms with Gasteiger partial charge in [-0.1, -0.05) is 98.2 Å². The number of anilines is 3. The van der Waals surface area contributed by atoms with Crippen molar-refractivity contribution in [2.75, 3.05) is 4.90 Å². The Bertz CT molecular complexity index is 1880. The molecule has 7 rings (SSSR count). The summed E-state index contributed by atoms with van der Waals surface area (Å²) in [6.07, 6.45) is 0. The van der Waals surface area contributed by atoms with Gasteiger partial charge in [0.2, 0.25) is 0 Å². The van der Waals surface area contributed by atoms with Crippen molar-refractivity contribution >= 4 is 55.4 Å². The largest absolute Gasteiger partial charge is 0.456 e. The SMILES string of the molecule is CC1(C)c2ccc(Oc3cccc(Br)c3Cl)cc2-c2c1cc(N(c1ccccc1)c1ccccc1)c1ccccc21. The first-order valence-electron chi connectivity index (χ1n) is 13.7. The average molecular weight is 617 g/mol. The number of fused-ring (bicyclic) bond motifs is 5. The topological polar surface area (TPSA) is 12.5 Å². The van der Waals surface area contributed by atoms with Gasteiger partial charge in [0.05, 0.1) is 10.7 Å². The van der Waals surface area contributed by atoms with Crippen LogP contribution in [0, 0.1) is 0 Å². The number of nitrogens with zero attached hydrogens (tertiary/aromatic N) is 1. The smallest absolute Gasteiger partial charge is 0.147 e. The van der Waals surface area contributed by atoms with Gasteiger partial charge in [0.15, 0.2) is 0 Å². The Morgan fingerprint density at radius 3 is 1.98 bits per heavy atom. The van der Waals surface area contributed by atoms with Crippen LogP contribution in [0.3, 0.4) is 0 Å². The maximum absolute atomic E-state index is 6.54. The predicted molar refractivity (Wildman–Crippen MR) is 175 cm³/mol. The highest BCUT2D eigenvalue weighted by Gasteiger charge is 2.38. The van der Waals surface area contributed by atoms with E-state index in [4.69, 9.17) is 16.3 Å². The minimum Gasteiger partial charge on any atom is -0.456 e. The molecule has 200 valence electrons. The van der Waals surface area contributed by atoms with Gasteiger partial charge in [-0.3, -0.25) is 0 Å². The molecule has 1 aliphatic rings. The molecule has 6 aromatic carbocycles. The molecule has 0 amide bonds. The molecule has 0 N–H and O–H groups in total. The van der Waals surface area contributed by atoms with E-state index in [9.17, 15) is 0 Å². The predicted octanol–water partition coefficient (Wildman–Crippen LogP) is 11.8. The van der Waals surface area contributed by atoms with Gasteiger partial charge >= 0.3 is 0 Å². The molecule has 0 aliphatic heterocycles. The molecule has 0 aromatic heterocycles. The summed E-state index contributed by atoms with van der Waals surface area (Å²) in [6, 6.07) is 44.5. The molecule has 0 heterocycles. The number of rotatable bonds is 5. The van der Waals surface area contributed by atoms with E-state index in [-0.39, 0.29) is 5.41 Å². The zero-order valence-electron chi connectivity index (χ0n) is 22.7. The number of ether oxygens (including phenoxy) is 1. The normalized spacial score (nSPS) is 13.1. The lowest BCUT2D eigenvalue weighted by molar-refractivity contribution is 0.482. The van der Waals surface area contributed by atoms with Crippen molar-refractivity contribution < 1.29 is 4.74 Å². The second-order valence-corrected chi connectivity index (χ2v) is 12.1. The fourth-order valence-electron chi connectivity index (χ4n) is 6.08. The summed E-state index contributed by atoms with van der Waals surface area (Å²) in [6.45, 7) is 4.63. The van der Waals surface area contributed by atoms with Crippen molar-refractivity contribution in [1.82, 2.24) is 0 Å². The quantitative estimate of drug-likeness (QED) is 0.191. The highest BCUT2D eigenvalue weighted by atomic mass is 79.9.